The summed E-state index contributed by atoms with van der Waals surface area (Å²) >= 11 is 12.2. The van der Waals surface area contributed by atoms with Gasteiger partial charge in [-0.1, -0.05) is 36.9 Å². The van der Waals surface area contributed by atoms with Gasteiger partial charge in [-0.05, 0) is 36.0 Å². The Labute approximate surface area is 124 Å². The van der Waals surface area contributed by atoms with E-state index in [1.165, 1.54) is 44.2 Å². The molecule has 1 aromatic carbocycles. The van der Waals surface area contributed by atoms with Crippen molar-refractivity contribution in [2.24, 2.45) is 5.41 Å². The number of nitrogens with one attached hydrogen (secondary N) is 1. The van der Waals surface area contributed by atoms with Crippen molar-refractivity contribution in [3.8, 4) is 0 Å². The first-order chi connectivity index (χ1) is 9.15. The summed E-state index contributed by atoms with van der Waals surface area (Å²) in [5.74, 6) is 0.412. The Morgan fingerprint density at radius 2 is 1.95 bits per heavy atom. The minimum atomic E-state index is -0.293. The fraction of sp³-hybridized carbons (Fsp3) is 0.600. The third kappa shape index (κ3) is 4.08. The van der Waals surface area contributed by atoms with E-state index in [0.717, 1.165) is 12.1 Å². The highest BCUT2D eigenvalue weighted by atomic mass is 35.5. The van der Waals surface area contributed by atoms with Crippen molar-refractivity contribution in [2.45, 2.75) is 38.6 Å². The van der Waals surface area contributed by atoms with E-state index in [1.54, 1.807) is 6.07 Å². The Morgan fingerprint density at radius 1 is 1.21 bits per heavy atom. The summed E-state index contributed by atoms with van der Waals surface area (Å²) in [6.07, 6.45) is 6.25. The Bertz CT molecular complexity index is 417. The SMILES string of the molecule is Fc1ccc(CNCC2(CCl)CCCCC2)c(Cl)c1. The van der Waals surface area contributed by atoms with Crippen molar-refractivity contribution in [1.29, 1.82) is 0 Å². The molecule has 2 rings (SSSR count). The standard InChI is InChI=1S/C15H20Cl2FN/c16-10-15(6-2-1-3-7-15)11-19-9-12-4-5-13(18)8-14(12)17/h4-5,8,19H,1-3,6-7,9-11H2. The molecule has 1 saturated carbocycles. The normalized spacial score (nSPS) is 18.5. The first-order valence-corrected chi connectivity index (χ1v) is 7.77. The molecule has 0 unspecified atom stereocenters. The van der Waals surface area contributed by atoms with Crippen molar-refractivity contribution in [3.05, 3.63) is 34.6 Å². The maximum atomic E-state index is 13.0. The van der Waals surface area contributed by atoms with Crippen LogP contribution in [0.1, 0.15) is 37.7 Å². The molecule has 1 fully saturated rings. The summed E-state index contributed by atoms with van der Waals surface area (Å²) in [7, 11) is 0. The minimum absolute atomic E-state index is 0.228. The molecular weight excluding hydrogens is 284 g/mol. The number of rotatable bonds is 5. The fourth-order valence-corrected chi connectivity index (χ4v) is 3.38. The molecule has 1 nitrogen and oxygen atoms in total. The third-order valence-corrected chi connectivity index (χ3v) is 4.95. The summed E-state index contributed by atoms with van der Waals surface area (Å²) in [5.41, 5.74) is 1.16. The highest BCUT2D eigenvalue weighted by Crippen LogP contribution is 2.36. The maximum absolute atomic E-state index is 13.0. The Hall–Kier alpha value is -0.310. The molecule has 0 radical (unpaired) electrons. The Kier molecular flexibility index (Phi) is 5.49. The topological polar surface area (TPSA) is 12.0 Å². The van der Waals surface area contributed by atoms with Crippen LogP contribution in [0.25, 0.3) is 0 Å². The van der Waals surface area contributed by atoms with E-state index < -0.39 is 0 Å². The van der Waals surface area contributed by atoms with Gasteiger partial charge < -0.3 is 5.32 Å². The molecule has 1 aromatic rings. The van der Waals surface area contributed by atoms with Crippen molar-refractivity contribution in [3.63, 3.8) is 0 Å². The Balaban J connectivity index is 1.88. The maximum Gasteiger partial charge on any atom is 0.124 e. The molecule has 0 saturated heterocycles. The summed E-state index contributed by atoms with van der Waals surface area (Å²) in [6.45, 7) is 1.57. The zero-order valence-corrected chi connectivity index (χ0v) is 12.5. The lowest BCUT2D eigenvalue weighted by molar-refractivity contribution is 0.212. The number of alkyl halides is 1. The highest BCUT2D eigenvalue weighted by molar-refractivity contribution is 6.31. The summed E-state index contributed by atoms with van der Waals surface area (Å²) < 4.78 is 13.0. The second-order valence-corrected chi connectivity index (χ2v) is 6.21. The van der Waals surface area contributed by atoms with E-state index in [2.05, 4.69) is 5.32 Å². The summed E-state index contributed by atoms with van der Waals surface area (Å²) in [5, 5.41) is 3.91. The van der Waals surface area contributed by atoms with E-state index >= 15 is 0 Å². The molecule has 0 bridgehead atoms. The largest absolute Gasteiger partial charge is 0.312 e. The lowest BCUT2D eigenvalue weighted by Crippen LogP contribution is -2.37. The molecule has 106 valence electrons. The summed E-state index contributed by atoms with van der Waals surface area (Å²) in [4.78, 5) is 0. The molecule has 0 heterocycles. The van der Waals surface area contributed by atoms with Gasteiger partial charge in [0, 0.05) is 24.0 Å². The van der Waals surface area contributed by atoms with E-state index in [4.69, 9.17) is 23.2 Å². The van der Waals surface area contributed by atoms with Gasteiger partial charge >= 0.3 is 0 Å². The number of hydrogen-bond donors (Lipinski definition) is 1. The second kappa shape index (κ2) is 6.92. The van der Waals surface area contributed by atoms with Crippen molar-refractivity contribution in [1.82, 2.24) is 5.32 Å². The van der Waals surface area contributed by atoms with Gasteiger partial charge in [0.05, 0.1) is 0 Å². The number of halogens is 3. The van der Waals surface area contributed by atoms with E-state index in [1.807, 2.05) is 0 Å². The van der Waals surface area contributed by atoms with Gasteiger partial charge in [-0.2, -0.15) is 0 Å². The van der Waals surface area contributed by atoms with Gasteiger partial charge in [0.2, 0.25) is 0 Å². The van der Waals surface area contributed by atoms with E-state index in [9.17, 15) is 4.39 Å². The van der Waals surface area contributed by atoms with Crippen LogP contribution >= 0.6 is 23.2 Å². The van der Waals surface area contributed by atoms with Crippen molar-refractivity contribution < 1.29 is 4.39 Å². The van der Waals surface area contributed by atoms with Crippen LogP contribution in [0.5, 0.6) is 0 Å². The first-order valence-electron chi connectivity index (χ1n) is 6.86. The van der Waals surface area contributed by atoms with Crippen molar-refractivity contribution >= 4 is 23.2 Å². The van der Waals surface area contributed by atoms with Crippen molar-refractivity contribution in [2.75, 3.05) is 12.4 Å². The number of hydrogen-bond acceptors (Lipinski definition) is 1. The highest BCUT2D eigenvalue weighted by Gasteiger charge is 2.30. The van der Waals surface area contributed by atoms with Crippen LogP contribution < -0.4 is 5.32 Å². The molecule has 1 aliphatic carbocycles. The van der Waals surface area contributed by atoms with Crippen LogP contribution in [0.2, 0.25) is 5.02 Å². The van der Waals surface area contributed by atoms with Crippen LogP contribution in [0.3, 0.4) is 0 Å². The molecule has 0 aromatic heterocycles. The molecule has 4 heteroatoms. The van der Waals surface area contributed by atoms with Gasteiger partial charge in [-0.15, -0.1) is 11.6 Å². The Morgan fingerprint density at radius 3 is 2.58 bits per heavy atom. The van der Waals surface area contributed by atoms with Crippen LogP contribution in [0.15, 0.2) is 18.2 Å². The van der Waals surface area contributed by atoms with Gasteiger partial charge in [0.25, 0.3) is 0 Å². The molecule has 1 N–H and O–H groups in total. The van der Waals surface area contributed by atoms with Gasteiger partial charge in [-0.25, -0.2) is 4.39 Å². The molecule has 0 atom stereocenters. The fourth-order valence-electron chi connectivity index (χ4n) is 2.79. The van der Waals surface area contributed by atoms with Crippen LogP contribution in [0.4, 0.5) is 4.39 Å². The zero-order valence-electron chi connectivity index (χ0n) is 11.0. The third-order valence-electron chi connectivity index (χ3n) is 4.03. The monoisotopic (exact) mass is 303 g/mol. The minimum Gasteiger partial charge on any atom is -0.312 e. The van der Waals surface area contributed by atoms with Gasteiger partial charge in [0.15, 0.2) is 0 Å². The average molecular weight is 304 g/mol. The lowest BCUT2D eigenvalue weighted by atomic mass is 9.75. The number of benzene rings is 1. The second-order valence-electron chi connectivity index (χ2n) is 5.53. The molecule has 0 amide bonds. The predicted molar refractivity (Wildman–Crippen MR) is 79.4 cm³/mol. The molecule has 0 spiro atoms. The molecule has 19 heavy (non-hydrogen) atoms. The first kappa shape index (κ1) is 15.1. The van der Waals surface area contributed by atoms with Gasteiger partial charge in [-0.3, -0.25) is 0 Å². The molecule has 1 aliphatic rings. The average Bonchev–Trinajstić information content (AvgIpc) is 2.42. The lowest BCUT2D eigenvalue weighted by Gasteiger charge is -2.35. The van der Waals surface area contributed by atoms with Crippen LogP contribution in [-0.2, 0) is 6.54 Å². The van der Waals surface area contributed by atoms with E-state index in [0.29, 0.717) is 17.4 Å². The summed E-state index contributed by atoms with van der Waals surface area (Å²) in [6, 6.07) is 4.54. The molecule has 0 aliphatic heterocycles. The van der Waals surface area contributed by atoms with Gasteiger partial charge in [0.1, 0.15) is 5.82 Å². The smallest absolute Gasteiger partial charge is 0.124 e. The quantitative estimate of drug-likeness (QED) is 0.774. The van der Waals surface area contributed by atoms with E-state index in [-0.39, 0.29) is 11.2 Å². The predicted octanol–water partition coefficient (Wildman–Crippen LogP) is 4.76. The molecular formula is C15H20Cl2FN. The van der Waals surface area contributed by atoms with Crippen LogP contribution in [-0.4, -0.2) is 12.4 Å². The van der Waals surface area contributed by atoms with Crippen LogP contribution in [0, 0.1) is 11.2 Å². The zero-order chi connectivity index (χ0) is 13.7.